The number of hydrogen-bond acceptors (Lipinski definition) is 3. The SMILES string of the molecule is [CH2-]c1cccc(OC(=O)c2c3ccccc3nc3ccccc23)c1.[I][V]([I])[I].[Y]. The second-order valence-electron chi connectivity index (χ2n) is 5.75. The van der Waals surface area contributed by atoms with Gasteiger partial charge in [0.1, 0.15) is 0 Å². The van der Waals surface area contributed by atoms with E-state index >= 15 is 0 Å². The molecule has 0 spiro atoms. The maximum atomic E-state index is 12.9. The fourth-order valence-corrected chi connectivity index (χ4v) is 2.83. The van der Waals surface area contributed by atoms with Gasteiger partial charge in [-0.25, -0.2) is 9.78 Å². The third-order valence-electron chi connectivity index (χ3n) is 3.90. The molecule has 0 aliphatic heterocycles. The predicted molar refractivity (Wildman–Crippen MR) is 137 cm³/mol. The van der Waals surface area contributed by atoms with Crippen LogP contribution in [0.15, 0.2) is 72.8 Å². The molecule has 0 aliphatic rings. The van der Waals surface area contributed by atoms with E-state index in [1.807, 2.05) is 60.7 Å². The van der Waals surface area contributed by atoms with Gasteiger partial charge >= 0.3 is 70.8 Å². The van der Waals surface area contributed by atoms with Crippen molar-refractivity contribution in [3.05, 3.63) is 90.8 Å². The fourth-order valence-electron chi connectivity index (χ4n) is 2.83. The Kier molecular flexibility index (Phi) is 11.2. The van der Waals surface area contributed by atoms with Gasteiger partial charge in [-0.05, 0) is 18.2 Å². The monoisotopic (exact) mass is 833 g/mol. The summed E-state index contributed by atoms with van der Waals surface area (Å²) in [5, 5.41) is 1.57. The molecule has 0 unspecified atom stereocenters. The quantitative estimate of drug-likeness (QED) is 0.0694. The van der Waals surface area contributed by atoms with Crippen molar-refractivity contribution in [1.29, 1.82) is 0 Å². The number of carbonyl (C=O) groups is 1. The van der Waals surface area contributed by atoms with E-state index in [9.17, 15) is 4.79 Å². The van der Waals surface area contributed by atoms with Gasteiger partial charge in [-0.15, -0.1) is 12.1 Å². The van der Waals surface area contributed by atoms with Gasteiger partial charge in [0.25, 0.3) is 0 Å². The number of nitrogens with zero attached hydrogens (tertiary/aromatic N) is 1. The van der Waals surface area contributed by atoms with Crippen LogP contribution in [0.25, 0.3) is 21.8 Å². The number of pyridine rings is 1. The van der Waals surface area contributed by atoms with Crippen molar-refractivity contribution in [3.63, 3.8) is 0 Å². The van der Waals surface area contributed by atoms with E-state index < -0.39 is 5.97 Å². The molecule has 0 saturated carbocycles. The molecule has 3 aromatic carbocycles. The Bertz CT molecular complexity index is 1080. The van der Waals surface area contributed by atoms with Crippen LogP contribution in [0, 0.1) is 6.92 Å². The Labute approximate surface area is 232 Å². The van der Waals surface area contributed by atoms with E-state index in [0.29, 0.717) is 11.3 Å². The summed E-state index contributed by atoms with van der Waals surface area (Å²) in [6.07, 6.45) is 0. The van der Waals surface area contributed by atoms with Gasteiger partial charge in [-0.3, -0.25) is 0 Å². The molecule has 0 atom stereocenters. The summed E-state index contributed by atoms with van der Waals surface area (Å²) in [6.45, 7) is 3.86. The predicted octanol–water partition coefficient (Wildman–Crippen LogP) is 7.44. The van der Waals surface area contributed by atoms with Crippen LogP contribution in [-0.2, 0) is 37.6 Å². The van der Waals surface area contributed by atoms with Crippen LogP contribution in [0.2, 0.25) is 0 Å². The first-order valence-corrected chi connectivity index (χ1v) is 21.7. The molecule has 1 heterocycles. The van der Waals surface area contributed by atoms with E-state index in [4.69, 9.17) is 4.74 Å². The zero-order chi connectivity index (χ0) is 20.1. The maximum Gasteiger partial charge on any atom is 0 e. The molecule has 3 nitrogen and oxygen atoms in total. The van der Waals surface area contributed by atoms with Crippen molar-refractivity contribution in [3.8, 4) is 5.75 Å². The summed E-state index contributed by atoms with van der Waals surface area (Å²) in [6, 6.07) is 22.3. The Morgan fingerprint density at radius 1 is 0.862 bits per heavy atom. The summed E-state index contributed by atoms with van der Waals surface area (Å²) >= 11 is 7.39. The van der Waals surface area contributed by atoms with Gasteiger partial charge in [-0.2, -0.15) is 18.6 Å². The summed E-state index contributed by atoms with van der Waals surface area (Å²) in [4.78, 5) is 17.2. The Hall–Kier alpha value is 0.548. The van der Waals surface area contributed by atoms with E-state index in [-0.39, 0.29) is 37.6 Å². The van der Waals surface area contributed by atoms with Crippen molar-refractivity contribution in [2.45, 2.75) is 0 Å². The molecule has 1 aromatic heterocycles. The minimum atomic E-state index is -0.393. The molecule has 0 saturated heterocycles. The molecule has 4 rings (SSSR count). The normalized spacial score (nSPS) is 10.2. The summed E-state index contributed by atoms with van der Waals surface area (Å²) in [5.74, 6) is 0.0906. The van der Waals surface area contributed by atoms with Gasteiger partial charge < -0.3 is 4.74 Å². The summed E-state index contributed by atoms with van der Waals surface area (Å²) in [7, 11) is 0. The average Bonchev–Trinajstić information content (AvgIpc) is 2.65. The number of esters is 1. The number of benzene rings is 3. The standard InChI is InChI=1S/C21H14NO2.3HI.V.Y/c1-14-7-6-8-15(13-14)24-21(23)20-16-9-2-4-11-18(16)22-19-12-5-3-10-17(19)20;;;;;/h2-13H,1H2;3*1H;;/q-1;;;;+3;/p-3. The molecule has 0 aliphatic carbocycles. The first kappa shape index (κ1) is 25.8. The minimum absolute atomic E-state index is 0. The zero-order valence-electron chi connectivity index (χ0n) is 15.1. The van der Waals surface area contributed by atoms with Crippen LogP contribution in [0.5, 0.6) is 5.75 Å². The van der Waals surface area contributed by atoms with Gasteiger partial charge in [0.2, 0.25) is 0 Å². The Balaban J connectivity index is 0.000000552. The van der Waals surface area contributed by atoms with Gasteiger partial charge in [0, 0.05) is 43.5 Å². The first-order chi connectivity index (χ1) is 13.5. The first-order valence-electron chi connectivity index (χ1n) is 8.15. The largest absolute Gasteiger partial charge is 0 e. The van der Waals surface area contributed by atoms with Crippen LogP contribution < -0.4 is 4.74 Å². The van der Waals surface area contributed by atoms with Crippen molar-refractivity contribution < 1.29 is 47.2 Å². The average molecular weight is 833 g/mol. The van der Waals surface area contributed by atoms with Crippen LogP contribution in [0.1, 0.15) is 15.9 Å². The molecule has 8 heteroatoms. The molecular formula is C21H14I3NO2VY-. The molecule has 0 fully saturated rings. The smallest absolute Gasteiger partial charge is 0 e. The summed E-state index contributed by atoms with van der Waals surface area (Å²) < 4.78 is 5.59. The number of ether oxygens (including phenoxy) is 1. The number of fused-ring (bicyclic) bond motifs is 2. The van der Waals surface area contributed by atoms with E-state index in [2.05, 4.69) is 71.8 Å². The molecule has 4 aromatic rings. The number of hydrogen-bond donors (Lipinski definition) is 0. The zero-order valence-corrected chi connectivity index (χ0v) is 25.8. The van der Waals surface area contributed by atoms with Crippen molar-refractivity contribution in [2.24, 2.45) is 0 Å². The molecule has 29 heavy (non-hydrogen) atoms. The second-order valence-corrected chi connectivity index (χ2v) is 41.1. The third-order valence-corrected chi connectivity index (χ3v) is 3.90. The van der Waals surface area contributed by atoms with E-state index in [1.165, 1.54) is 0 Å². The van der Waals surface area contributed by atoms with Gasteiger partial charge in [0.15, 0.2) is 0 Å². The number of aromatic nitrogens is 1. The number of rotatable bonds is 2. The molecule has 145 valence electrons. The molecule has 0 bridgehead atoms. The molecule has 1 radical (unpaired) electrons. The minimum Gasteiger partial charge on any atom is 0 e. The van der Waals surface area contributed by atoms with E-state index in [0.717, 1.165) is 27.4 Å². The van der Waals surface area contributed by atoms with Crippen molar-refractivity contribution >= 4 is 87.7 Å². The molecular weight excluding hydrogens is 819 g/mol. The van der Waals surface area contributed by atoms with Crippen LogP contribution >= 0.6 is 59.9 Å². The third kappa shape index (κ3) is 7.29. The molecule has 0 amide bonds. The Morgan fingerprint density at radius 2 is 1.38 bits per heavy atom. The van der Waals surface area contributed by atoms with Gasteiger partial charge in [-0.1, -0.05) is 36.4 Å². The van der Waals surface area contributed by atoms with Crippen LogP contribution in [-0.4, -0.2) is 11.0 Å². The van der Waals surface area contributed by atoms with Crippen molar-refractivity contribution in [2.75, 3.05) is 0 Å². The number of para-hydroxylation sites is 2. The maximum absolute atomic E-state index is 12.9. The van der Waals surface area contributed by atoms with E-state index in [1.54, 1.807) is 12.1 Å². The van der Waals surface area contributed by atoms with Gasteiger partial charge in [0.05, 0.1) is 22.3 Å². The fraction of sp³-hybridized carbons (Fsp3) is 0. The second kappa shape index (κ2) is 12.6. The van der Waals surface area contributed by atoms with Crippen LogP contribution in [0.3, 0.4) is 0 Å². The number of carbonyl (C=O) groups excluding carboxylic acids is 1. The number of halogens is 3. The topological polar surface area (TPSA) is 39.2 Å². The summed E-state index contributed by atoms with van der Waals surface area (Å²) in [5.41, 5.74) is 2.87. The van der Waals surface area contributed by atoms with Crippen molar-refractivity contribution in [1.82, 2.24) is 4.98 Å². The molecule has 0 N–H and O–H groups in total. The Morgan fingerprint density at radius 3 is 1.90 bits per heavy atom. The van der Waals surface area contributed by atoms with Crippen LogP contribution in [0.4, 0.5) is 0 Å².